The zero-order valence-electron chi connectivity index (χ0n) is 11.5. The highest BCUT2D eigenvalue weighted by atomic mass is 32.1. The molecule has 98 valence electrons. The maximum absolute atomic E-state index is 4.42. The van der Waals surface area contributed by atoms with E-state index in [0.29, 0.717) is 5.41 Å². The zero-order chi connectivity index (χ0) is 12.7. The van der Waals surface area contributed by atoms with Crippen molar-refractivity contribution in [2.24, 2.45) is 5.41 Å². The second kappa shape index (κ2) is 6.94. The largest absolute Gasteiger partial charge is 0.360 e. The van der Waals surface area contributed by atoms with Crippen molar-refractivity contribution in [2.75, 3.05) is 11.9 Å². The van der Waals surface area contributed by atoms with Gasteiger partial charge in [0.1, 0.15) is 5.82 Å². The van der Waals surface area contributed by atoms with Gasteiger partial charge in [0, 0.05) is 24.5 Å². The molecule has 0 unspecified atom stereocenters. The van der Waals surface area contributed by atoms with Crippen molar-refractivity contribution in [1.82, 2.24) is 9.36 Å². The van der Waals surface area contributed by atoms with Gasteiger partial charge in [-0.15, -0.1) is 0 Å². The minimum absolute atomic E-state index is 0.340. The van der Waals surface area contributed by atoms with Crippen LogP contribution in [0.2, 0.25) is 0 Å². The van der Waals surface area contributed by atoms with Crippen molar-refractivity contribution >= 4 is 16.7 Å². The van der Waals surface area contributed by atoms with Gasteiger partial charge in [0.2, 0.25) is 5.13 Å². The molecule has 0 fully saturated rings. The van der Waals surface area contributed by atoms with E-state index >= 15 is 0 Å². The fraction of sp³-hybridized carbons (Fsp3) is 0.846. The quantitative estimate of drug-likeness (QED) is 0.710. The SMILES string of the molecule is CCCCCC(C)(C)CNc1nc(CC)ns1. The van der Waals surface area contributed by atoms with Crippen LogP contribution in [0, 0.1) is 5.41 Å². The number of aromatic nitrogens is 2. The highest BCUT2D eigenvalue weighted by Gasteiger charge is 2.17. The molecule has 17 heavy (non-hydrogen) atoms. The summed E-state index contributed by atoms with van der Waals surface area (Å²) in [6.45, 7) is 9.95. The highest BCUT2D eigenvalue weighted by molar-refractivity contribution is 7.09. The number of hydrogen-bond acceptors (Lipinski definition) is 4. The van der Waals surface area contributed by atoms with E-state index in [-0.39, 0.29) is 0 Å². The van der Waals surface area contributed by atoms with E-state index in [4.69, 9.17) is 0 Å². The number of hydrogen-bond donors (Lipinski definition) is 1. The molecule has 1 aromatic rings. The lowest BCUT2D eigenvalue weighted by Crippen LogP contribution is -2.23. The number of rotatable bonds is 8. The normalized spacial score (nSPS) is 11.8. The summed E-state index contributed by atoms with van der Waals surface area (Å²) < 4.78 is 4.28. The molecular weight excluding hydrogens is 230 g/mol. The molecule has 0 aliphatic heterocycles. The van der Waals surface area contributed by atoms with Crippen LogP contribution in [0.5, 0.6) is 0 Å². The third-order valence-corrected chi connectivity index (χ3v) is 3.67. The van der Waals surface area contributed by atoms with Gasteiger partial charge in [0.15, 0.2) is 0 Å². The first-order valence-corrected chi connectivity index (χ1v) is 7.41. The van der Waals surface area contributed by atoms with Crippen molar-refractivity contribution in [1.29, 1.82) is 0 Å². The average Bonchev–Trinajstić information content (AvgIpc) is 2.75. The number of aryl methyl sites for hydroxylation is 1. The summed E-state index contributed by atoms with van der Waals surface area (Å²) in [4.78, 5) is 4.42. The third kappa shape index (κ3) is 5.48. The lowest BCUT2D eigenvalue weighted by atomic mass is 9.87. The number of unbranched alkanes of at least 4 members (excludes halogenated alkanes) is 2. The molecule has 0 bridgehead atoms. The molecule has 1 N–H and O–H groups in total. The first-order valence-electron chi connectivity index (χ1n) is 6.64. The predicted octanol–water partition coefficient (Wildman–Crippen LogP) is 4.12. The van der Waals surface area contributed by atoms with Gasteiger partial charge in [-0.2, -0.15) is 4.37 Å². The second-order valence-electron chi connectivity index (χ2n) is 5.34. The monoisotopic (exact) mass is 255 g/mol. The van der Waals surface area contributed by atoms with Crippen LogP contribution in [0.4, 0.5) is 5.13 Å². The van der Waals surface area contributed by atoms with Crippen LogP contribution in [0.15, 0.2) is 0 Å². The molecule has 0 aromatic carbocycles. The van der Waals surface area contributed by atoms with E-state index in [2.05, 4.69) is 42.4 Å². The molecule has 1 aromatic heterocycles. The summed E-state index contributed by atoms with van der Waals surface area (Å²) in [6.07, 6.45) is 6.13. The van der Waals surface area contributed by atoms with E-state index < -0.39 is 0 Å². The maximum atomic E-state index is 4.42. The lowest BCUT2D eigenvalue weighted by Gasteiger charge is -2.24. The molecule has 0 atom stereocenters. The van der Waals surface area contributed by atoms with Crippen molar-refractivity contribution in [3.63, 3.8) is 0 Å². The topological polar surface area (TPSA) is 37.8 Å². The van der Waals surface area contributed by atoms with Gasteiger partial charge in [-0.1, -0.05) is 47.0 Å². The van der Waals surface area contributed by atoms with Crippen LogP contribution in [-0.4, -0.2) is 15.9 Å². The molecular formula is C13H25N3S. The number of anilines is 1. The molecule has 0 saturated heterocycles. The predicted molar refractivity (Wildman–Crippen MR) is 75.7 cm³/mol. The third-order valence-electron chi connectivity index (χ3n) is 2.96. The van der Waals surface area contributed by atoms with E-state index in [9.17, 15) is 0 Å². The minimum atomic E-state index is 0.340. The Morgan fingerprint density at radius 3 is 2.59 bits per heavy atom. The Bertz CT molecular complexity index is 320. The summed E-state index contributed by atoms with van der Waals surface area (Å²) in [7, 11) is 0. The summed E-state index contributed by atoms with van der Waals surface area (Å²) in [5, 5.41) is 4.37. The average molecular weight is 255 g/mol. The fourth-order valence-corrected chi connectivity index (χ4v) is 2.37. The van der Waals surface area contributed by atoms with Gasteiger partial charge in [0.25, 0.3) is 0 Å². The summed E-state index contributed by atoms with van der Waals surface area (Å²) in [6, 6.07) is 0. The van der Waals surface area contributed by atoms with Gasteiger partial charge in [-0.3, -0.25) is 0 Å². The van der Waals surface area contributed by atoms with E-state index in [1.807, 2.05) is 0 Å². The summed E-state index contributed by atoms with van der Waals surface area (Å²) in [5.41, 5.74) is 0.340. The Balaban J connectivity index is 2.32. The highest BCUT2D eigenvalue weighted by Crippen LogP contribution is 2.24. The van der Waals surface area contributed by atoms with Crippen LogP contribution in [0.3, 0.4) is 0 Å². The van der Waals surface area contributed by atoms with Crippen LogP contribution in [-0.2, 0) is 6.42 Å². The first-order chi connectivity index (χ1) is 8.07. The van der Waals surface area contributed by atoms with Crippen LogP contribution in [0.25, 0.3) is 0 Å². The molecule has 0 amide bonds. The molecule has 0 saturated carbocycles. The van der Waals surface area contributed by atoms with Gasteiger partial charge < -0.3 is 5.32 Å². The van der Waals surface area contributed by atoms with Gasteiger partial charge >= 0.3 is 0 Å². The molecule has 1 rings (SSSR count). The Hall–Kier alpha value is -0.640. The van der Waals surface area contributed by atoms with Crippen LogP contribution in [0.1, 0.15) is 59.2 Å². The minimum Gasteiger partial charge on any atom is -0.360 e. The van der Waals surface area contributed by atoms with Crippen molar-refractivity contribution in [3.8, 4) is 0 Å². The fourth-order valence-electron chi connectivity index (χ4n) is 1.73. The Morgan fingerprint density at radius 1 is 1.24 bits per heavy atom. The van der Waals surface area contributed by atoms with E-state index in [1.54, 1.807) is 0 Å². The van der Waals surface area contributed by atoms with Crippen LogP contribution >= 0.6 is 11.5 Å². The zero-order valence-corrected chi connectivity index (χ0v) is 12.4. The van der Waals surface area contributed by atoms with Gasteiger partial charge in [0.05, 0.1) is 0 Å². The second-order valence-corrected chi connectivity index (χ2v) is 6.10. The smallest absolute Gasteiger partial charge is 0.202 e. The van der Waals surface area contributed by atoms with Gasteiger partial charge in [-0.25, -0.2) is 4.98 Å². The Kier molecular flexibility index (Phi) is 5.89. The number of nitrogens with zero attached hydrogens (tertiary/aromatic N) is 2. The molecule has 0 aliphatic rings. The van der Waals surface area contributed by atoms with Gasteiger partial charge in [-0.05, 0) is 11.8 Å². The molecule has 0 aliphatic carbocycles. The Labute approximate surface area is 109 Å². The molecule has 0 spiro atoms. The van der Waals surface area contributed by atoms with Crippen molar-refractivity contribution < 1.29 is 0 Å². The molecule has 3 nitrogen and oxygen atoms in total. The maximum Gasteiger partial charge on any atom is 0.202 e. The van der Waals surface area contributed by atoms with E-state index in [0.717, 1.165) is 23.9 Å². The molecule has 1 heterocycles. The van der Waals surface area contributed by atoms with Crippen molar-refractivity contribution in [2.45, 2.75) is 59.8 Å². The standard InChI is InChI=1S/C13H25N3S/c1-5-7-8-9-13(3,4)10-14-12-15-11(6-2)16-17-12/h5-10H2,1-4H3,(H,14,15,16). The summed E-state index contributed by atoms with van der Waals surface area (Å²) in [5.74, 6) is 0.946. The van der Waals surface area contributed by atoms with Crippen molar-refractivity contribution in [3.05, 3.63) is 5.82 Å². The van der Waals surface area contributed by atoms with Crippen LogP contribution < -0.4 is 5.32 Å². The lowest BCUT2D eigenvalue weighted by molar-refractivity contribution is 0.342. The van der Waals surface area contributed by atoms with E-state index in [1.165, 1.54) is 37.2 Å². The molecule has 4 heteroatoms. The number of nitrogens with one attached hydrogen (secondary N) is 1. The Morgan fingerprint density at radius 2 is 2.00 bits per heavy atom. The first kappa shape index (κ1) is 14.4. The summed E-state index contributed by atoms with van der Waals surface area (Å²) >= 11 is 1.47. The molecule has 0 radical (unpaired) electrons.